The minimum Gasteiger partial charge on any atom is -0.484 e. The quantitative estimate of drug-likeness (QED) is 0.853. The number of benzene rings is 1. The van der Waals surface area contributed by atoms with Gasteiger partial charge < -0.3 is 15.0 Å². The molecule has 1 N–H and O–H groups in total. The topological polar surface area (TPSA) is 41.6 Å². The Kier molecular flexibility index (Phi) is 6.38. The lowest BCUT2D eigenvalue weighted by molar-refractivity contribution is -0.123. The van der Waals surface area contributed by atoms with E-state index in [1.165, 1.54) is 51.6 Å². The first-order valence-electron chi connectivity index (χ1n) is 9.10. The molecule has 3 rings (SSSR count). The van der Waals surface area contributed by atoms with Crippen LogP contribution < -0.4 is 10.1 Å². The third-order valence-electron chi connectivity index (χ3n) is 5.26. The van der Waals surface area contributed by atoms with Gasteiger partial charge in [-0.25, -0.2) is 0 Å². The van der Waals surface area contributed by atoms with Crippen LogP contribution in [0.4, 0.5) is 0 Å². The zero-order chi connectivity index (χ0) is 16.8. The summed E-state index contributed by atoms with van der Waals surface area (Å²) in [5, 5.41) is 3.67. The lowest BCUT2D eigenvalue weighted by Gasteiger charge is -2.36. The number of halogens is 1. The molecular weight excluding hydrogens is 324 g/mol. The van der Waals surface area contributed by atoms with E-state index in [0.29, 0.717) is 16.7 Å². The van der Waals surface area contributed by atoms with Crippen LogP contribution in [0.25, 0.3) is 0 Å². The second kappa shape index (κ2) is 8.72. The fourth-order valence-corrected chi connectivity index (χ4v) is 3.91. The van der Waals surface area contributed by atoms with Gasteiger partial charge in [0.15, 0.2) is 6.61 Å². The summed E-state index contributed by atoms with van der Waals surface area (Å²) in [4.78, 5) is 14.6. The zero-order valence-electron chi connectivity index (χ0n) is 14.2. The molecule has 1 saturated heterocycles. The number of nitrogens with zero attached hydrogens (tertiary/aromatic N) is 1. The molecule has 1 aromatic carbocycles. The van der Waals surface area contributed by atoms with Crippen LogP contribution in [0.1, 0.15) is 38.5 Å². The molecule has 132 valence electrons. The summed E-state index contributed by atoms with van der Waals surface area (Å²) in [5.74, 6) is 1.21. The van der Waals surface area contributed by atoms with Gasteiger partial charge in [0.2, 0.25) is 0 Å². The largest absolute Gasteiger partial charge is 0.484 e. The van der Waals surface area contributed by atoms with Gasteiger partial charge in [-0.15, -0.1) is 0 Å². The number of rotatable bonds is 6. The van der Waals surface area contributed by atoms with Crippen LogP contribution in [0.3, 0.4) is 0 Å². The van der Waals surface area contributed by atoms with E-state index in [1.54, 1.807) is 24.3 Å². The average Bonchev–Trinajstić information content (AvgIpc) is 3.14. The maximum atomic E-state index is 11.9. The van der Waals surface area contributed by atoms with Gasteiger partial charge in [-0.1, -0.05) is 24.4 Å². The summed E-state index contributed by atoms with van der Waals surface area (Å²) in [7, 11) is 0. The molecule has 1 aromatic rings. The standard InChI is InChI=1S/C19H27ClN2O2/c20-16-5-7-18(8-6-16)24-14-19(23)21-13-15-9-11-22(12-10-15)17-3-1-2-4-17/h5-8,15,17H,1-4,9-14H2,(H,21,23). The Bertz CT molecular complexity index is 521. The van der Waals surface area contributed by atoms with Crippen molar-refractivity contribution in [3.05, 3.63) is 29.3 Å². The van der Waals surface area contributed by atoms with Gasteiger partial charge >= 0.3 is 0 Å². The molecule has 2 aliphatic rings. The van der Waals surface area contributed by atoms with E-state index < -0.39 is 0 Å². The number of carbonyl (C=O) groups excluding carboxylic acids is 1. The fraction of sp³-hybridized carbons (Fsp3) is 0.632. The first kappa shape index (κ1) is 17.6. The normalized spacial score (nSPS) is 20.2. The molecule has 0 aromatic heterocycles. The molecule has 2 fully saturated rings. The lowest BCUT2D eigenvalue weighted by Crippen LogP contribution is -2.43. The molecule has 0 radical (unpaired) electrons. The summed E-state index contributed by atoms with van der Waals surface area (Å²) in [6.45, 7) is 3.20. The summed E-state index contributed by atoms with van der Waals surface area (Å²) >= 11 is 5.82. The minimum absolute atomic E-state index is 0.0526. The first-order valence-corrected chi connectivity index (χ1v) is 9.47. The van der Waals surface area contributed by atoms with Crippen molar-refractivity contribution in [3.63, 3.8) is 0 Å². The van der Waals surface area contributed by atoms with Crippen LogP contribution in [-0.2, 0) is 4.79 Å². The summed E-state index contributed by atoms with van der Waals surface area (Å²) in [5.41, 5.74) is 0. The van der Waals surface area contributed by atoms with Gasteiger partial charge in [0, 0.05) is 17.6 Å². The molecule has 4 nitrogen and oxygen atoms in total. The van der Waals surface area contributed by atoms with Crippen LogP contribution in [0.5, 0.6) is 5.75 Å². The molecule has 1 saturated carbocycles. The van der Waals surface area contributed by atoms with E-state index in [9.17, 15) is 4.79 Å². The molecule has 0 unspecified atom stereocenters. The van der Waals surface area contributed by atoms with Crippen molar-refractivity contribution in [1.82, 2.24) is 10.2 Å². The predicted octanol–water partition coefficient (Wildman–Crippen LogP) is 3.49. The van der Waals surface area contributed by atoms with Crippen molar-refractivity contribution in [1.29, 1.82) is 0 Å². The molecule has 24 heavy (non-hydrogen) atoms. The molecule has 0 bridgehead atoms. The Hall–Kier alpha value is -1.26. The third-order valence-corrected chi connectivity index (χ3v) is 5.51. The van der Waals surface area contributed by atoms with E-state index in [-0.39, 0.29) is 12.5 Å². The minimum atomic E-state index is -0.0526. The highest BCUT2D eigenvalue weighted by atomic mass is 35.5. The number of hydrogen-bond acceptors (Lipinski definition) is 3. The van der Waals surface area contributed by atoms with Gasteiger partial charge in [-0.2, -0.15) is 0 Å². The summed E-state index contributed by atoms with van der Waals surface area (Å²) in [6.07, 6.45) is 7.93. The Morgan fingerprint density at radius 1 is 1.12 bits per heavy atom. The van der Waals surface area contributed by atoms with Crippen LogP contribution >= 0.6 is 11.6 Å². The Labute approximate surface area is 149 Å². The molecular formula is C19H27ClN2O2. The maximum absolute atomic E-state index is 11.9. The molecule has 1 aliphatic carbocycles. The molecule has 1 heterocycles. The monoisotopic (exact) mass is 350 g/mol. The van der Waals surface area contributed by atoms with Crippen molar-refractivity contribution in [2.24, 2.45) is 5.92 Å². The lowest BCUT2D eigenvalue weighted by atomic mass is 9.95. The van der Waals surface area contributed by atoms with E-state index in [1.807, 2.05) is 0 Å². The smallest absolute Gasteiger partial charge is 0.257 e. The number of amides is 1. The fourth-order valence-electron chi connectivity index (χ4n) is 3.78. The highest BCUT2D eigenvalue weighted by molar-refractivity contribution is 6.30. The van der Waals surface area contributed by atoms with Crippen LogP contribution in [-0.4, -0.2) is 43.1 Å². The van der Waals surface area contributed by atoms with Gasteiger partial charge in [0.1, 0.15) is 5.75 Å². The van der Waals surface area contributed by atoms with Crippen LogP contribution in [0, 0.1) is 5.92 Å². The van der Waals surface area contributed by atoms with E-state index >= 15 is 0 Å². The molecule has 1 aliphatic heterocycles. The maximum Gasteiger partial charge on any atom is 0.257 e. The van der Waals surface area contributed by atoms with Crippen LogP contribution in [0.15, 0.2) is 24.3 Å². The number of likely N-dealkylation sites (tertiary alicyclic amines) is 1. The summed E-state index contributed by atoms with van der Waals surface area (Å²) < 4.78 is 5.47. The van der Waals surface area contributed by atoms with Crippen molar-refractivity contribution >= 4 is 17.5 Å². The van der Waals surface area contributed by atoms with Gasteiger partial charge in [0.05, 0.1) is 0 Å². The third kappa shape index (κ3) is 5.12. The van der Waals surface area contributed by atoms with E-state index in [2.05, 4.69) is 10.2 Å². The van der Waals surface area contributed by atoms with Gasteiger partial charge in [-0.3, -0.25) is 4.79 Å². The zero-order valence-corrected chi connectivity index (χ0v) is 14.9. The molecule has 1 amide bonds. The second-order valence-electron chi connectivity index (χ2n) is 6.96. The number of piperidine rings is 1. The van der Waals surface area contributed by atoms with Gasteiger partial charge in [0.25, 0.3) is 5.91 Å². The van der Waals surface area contributed by atoms with Crippen LogP contribution in [0.2, 0.25) is 5.02 Å². The Morgan fingerprint density at radius 2 is 1.79 bits per heavy atom. The number of ether oxygens (including phenoxy) is 1. The second-order valence-corrected chi connectivity index (χ2v) is 7.40. The highest BCUT2D eigenvalue weighted by Crippen LogP contribution is 2.27. The van der Waals surface area contributed by atoms with Crippen molar-refractivity contribution in [2.45, 2.75) is 44.6 Å². The van der Waals surface area contributed by atoms with Crippen molar-refractivity contribution in [3.8, 4) is 5.75 Å². The Morgan fingerprint density at radius 3 is 2.46 bits per heavy atom. The van der Waals surface area contributed by atoms with Crippen molar-refractivity contribution < 1.29 is 9.53 Å². The number of carbonyl (C=O) groups is 1. The van der Waals surface area contributed by atoms with E-state index in [4.69, 9.17) is 16.3 Å². The number of nitrogens with one attached hydrogen (secondary N) is 1. The average molecular weight is 351 g/mol. The Balaban J connectivity index is 1.31. The van der Waals surface area contributed by atoms with Crippen molar-refractivity contribution in [2.75, 3.05) is 26.2 Å². The SMILES string of the molecule is O=C(COc1ccc(Cl)cc1)NCC1CCN(C2CCCC2)CC1. The summed E-state index contributed by atoms with van der Waals surface area (Å²) in [6, 6.07) is 7.89. The molecule has 0 atom stereocenters. The molecule has 0 spiro atoms. The highest BCUT2D eigenvalue weighted by Gasteiger charge is 2.27. The first-order chi connectivity index (χ1) is 11.7. The molecule has 5 heteroatoms. The van der Waals surface area contributed by atoms with E-state index in [0.717, 1.165) is 12.6 Å². The van der Waals surface area contributed by atoms with Gasteiger partial charge in [-0.05, 0) is 69.0 Å². The number of hydrogen-bond donors (Lipinski definition) is 1. The predicted molar refractivity (Wildman–Crippen MR) is 96.5 cm³/mol.